The van der Waals surface area contributed by atoms with Gasteiger partial charge in [-0.15, -0.1) is 0 Å². The lowest BCUT2D eigenvalue weighted by molar-refractivity contribution is -0.126. The van der Waals surface area contributed by atoms with Crippen LogP contribution in [0.25, 0.3) is 0 Å². The van der Waals surface area contributed by atoms with Gasteiger partial charge in [-0.25, -0.2) is 0 Å². The quantitative estimate of drug-likeness (QED) is 0.601. The number of hydrogen-bond acceptors (Lipinski definition) is 3. The third-order valence-corrected chi connectivity index (χ3v) is 9.03. The number of nitrogens with zero attached hydrogens (tertiary/aromatic N) is 2. The van der Waals surface area contributed by atoms with Gasteiger partial charge in [0.25, 0.3) is 0 Å². The maximum absolute atomic E-state index is 13.3. The molecular weight excluding hydrogens is 418 g/mol. The lowest BCUT2D eigenvalue weighted by atomic mass is 9.51. The van der Waals surface area contributed by atoms with Crippen LogP contribution in [0.2, 0.25) is 0 Å². The molecule has 1 saturated heterocycles. The van der Waals surface area contributed by atoms with Crippen molar-refractivity contribution in [1.29, 1.82) is 0 Å². The van der Waals surface area contributed by atoms with Gasteiger partial charge in [0.2, 0.25) is 5.91 Å². The Morgan fingerprint density at radius 1 is 0.882 bits per heavy atom. The molecule has 1 N–H and O–H groups in total. The van der Waals surface area contributed by atoms with E-state index in [9.17, 15) is 4.79 Å². The molecule has 34 heavy (non-hydrogen) atoms. The zero-order valence-corrected chi connectivity index (χ0v) is 21.0. The number of fused-ring (bicyclic) bond motifs is 3. The summed E-state index contributed by atoms with van der Waals surface area (Å²) in [5, 5.41) is 3.59. The maximum Gasteiger partial charge on any atom is 0.234 e. The highest BCUT2D eigenvalue weighted by Gasteiger charge is 2.58. The zero-order chi connectivity index (χ0) is 23.5. The van der Waals surface area contributed by atoms with E-state index in [4.69, 9.17) is 0 Å². The van der Waals surface area contributed by atoms with Crippen LogP contribution in [0.1, 0.15) is 68.9 Å². The van der Waals surface area contributed by atoms with Crippen molar-refractivity contribution in [3.05, 3.63) is 71.8 Å². The van der Waals surface area contributed by atoms with Gasteiger partial charge >= 0.3 is 0 Å². The molecule has 0 radical (unpaired) electrons. The Morgan fingerprint density at radius 3 is 1.91 bits per heavy atom. The molecule has 3 aliphatic carbocycles. The number of benzene rings is 2. The van der Waals surface area contributed by atoms with Gasteiger partial charge in [-0.2, -0.15) is 0 Å². The summed E-state index contributed by atoms with van der Waals surface area (Å²) in [6.45, 7) is 9.00. The molecule has 1 heterocycles. The number of rotatable bonds is 8. The van der Waals surface area contributed by atoms with Crippen molar-refractivity contribution in [2.75, 3.05) is 32.7 Å². The minimum atomic E-state index is 0.166. The molecule has 6 rings (SSSR count). The average molecular weight is 460 g/mol. The van der Waals surface area contributed by atoms with Gasteiger partial charge in [0.1, 0.15) is 0 Å². The molecule has 2 aromatic rings. The molecule has 1 aliphatic heterocycles. The van der Waals surface area contributed by atoms with E-state index in [0.29, 0.717) is 24.3 Å². The fourth-order valence-corrected chi connectivity index (χ4v) is 7.44. The second-order valence-electron chi connectivity index (χ2n) is 10.8. The molecule has 2 aromatic carbocycles. The highest BCUT2D eigenvalue weighted by molar-refractivity contribution is 5.78. The topological polar surface area (TPSA) is 35.6 Å². The van der Waals surface area contributed by atoms with Crippen LogP contribution in [0.5, 0.6) is 0 Å². The molecule has 4 fully saturated rings. The van der Waals surface area contributed by atoms with Crippen LogP contribution in [0, 0.1) is 5.92 Å². The number of likely N-dealkylation sites (N-methyl/N-ethyl adjacent to an activating group) is 1. The van der Waals surface area contributed by atoms with Gasteiger partial charge in [-0.3, -0.25) is 14.6 Å². The van der Waals surface area contributed by atoms with Crippen molar-refractivity contribution in [2.45, 2.75) is 69.4 Å². The van der Waals surface area contributed by atoms with Crippen LogP contribution < -0.4 is 5.32 Å². The Bertz CT molecular complexity index is 887. The molecule has 3 atom stereocenters. The van der Waals surface area contributed by atoms with Crippen molar-refractivity contribution in [2.24, 2.45) is 5.92 Å². The summed E-state index contributed by atoms with van der Waals surface area (Å²) in [6, 6.07) is 22.5. The van der Waals surface area contributed by atoms with E-state index in [2.05, 4.69) is 89.6 Å². The van der Waals surface area contributed by atoms with E-state index >= 15 is 0 Å². The fraction of sp³-hybridized carbons (Fsp3) is 0.567. The number of carbonyl (C=O) groups excluding carboxylic acids is 1. The van der Waals surface area contributed by atoms with Gasteiger partial charge in [-0.1, -0.05) is 74.5 Å². The summed E-state index contributed by atoms with van der Waals surface area (Å²) in [5.41, 5.74) is 3.05. The van der Waals surface area contributed by atoms with E-state index < -0.39 is 0 Å². The summed E-state index contributed by atoms with van der Waals surface area (Å²) >= 11 is 0. The summed E-state index contributed by atoms with van der Waals surface area (Å²) in [5.74, 6) is 1.55. The predicted molar refractivity (Wildman–Crippen MR) is 139 cm³/mol. The van der Waals surface area contributed by atoms with Gasteiger partial charge in [-0.05, 0) is 87.2 Å². The summed E-state index contributed by atoms with van der Waals surface area (Å²) in [6.07, 6.45) is 6.13. The molecule has 0 spiro atoms. The first-order chi connectivity index (χ1) is 16.6. The van der Waals surface area contributed by atoms with Crippen LogP contribution in [-0.4, -0.2) is 60.0 Å². The third-order valence-electron chi connectivity index (χ3n) is 9.03. The molecule has 0 aromatic heterocycles. The standard InChI is InChI=1S/C30H41N3O/c1-3-32(4-2)22-28(34)31-27-21-30(33-17-11-12-18-33)19-25(23-13-7-5-8-14-23)29(27)26(20-30)24-15-9-6-10-16-24/h5-10,13-16,25-27,29H,3-4,11-12,17-22H2,1-2H3,(H,31,34). The first-order valence-electron chi connectivity index (χ1n) is 13.5. The highest BCUT2D eigenvalue weighted by Crippen LogP contribution is 2.60. The molecular formula is C30H41N3O. The fourth-order valence-electron chi connectivity index (χ4n) is 7.44. The molecule has 182 valence electrons. The van der Waals surface area contributed by atoms with Crippen molar-refractivity contribution in [3.63, 3.8) is 0 Å². The van der Waals surface area contributed by atoms with Gasteiger partial charge < -0.3 is 5.32 Å². The Hall–Kier alpha value is -2.17. The first kappa shape index (κ1) is 23.6. The molecule has 4 nitrogen and oxygen atoms in total. The molecule has 4 heteroatoms. The van der Waals surface area contributed by atoms with E-state index in [1.807, 2.05) is 0 Å². The monoisotopic (exact) mass is 459 g/mol. The largest absolute Gasteiger partial charge is 0.352 e. The van der Waals surface area contributed by atoms with Crippen LogP contribution in [0.4, 0.5) is 0 Å². The summed E-state index contributed by atoms with van der Waals surface area (Å²) in [4.78, 5) is 18.3. The predicted octanol–water partition coefficient (Wildman–Crippen LogP) is 5.03. The van der Waals surface area contributed by atoms with Gasteiger partial charge in [0, 0.05) is 11.6 Å². The SMILES string of the molecule is CCN(CC)CC(=O)NC1CC2(N3CCCC3)CC(c3ccccc3)C1C(c1ccccc1)C2. The third kappa shape index (κ3) is 4.55. The molecule has 4 aliphatic rings. The summed E-state index contributed by atoms with van der Waals surface area (Å²) in [7, 11) is 0. The Balaban J connectivity index is 1.53. The number of carbonyl (C=O) groups is 1. The van der Waals surface area contributed by atoms with Gasteiger partial charge in [0.15, 0.2) is 0 Å². The number of amides is 1. The van der Waals surface area contributed by atoms with E-state index in [-0.39, 0.29) is 17.5 Å². The van der Waals surface area contributed by atoms with Crippen LogP contribution >= 0.6 is 0 Å². The zero-order valence-electron chi connectivity index (χ0n) is 21.0. The first-order valence-corrected chi connectivity index (χ1v) is 13.5. The lowest BCUT2D eigenvalue weighted by Gasteiger charge is -2.61. The van der Waals surface area contributed by atoms with Crippen molar-refractivity contribution >= 4 is 5.91 Å². The Morgan fingerprint density at radius 2 is 1.41 bits per heavy atom. The Labute approximate surface area is 205 Å². The van der Waals surface area contributed by atoms with E-state index in [0.717, 1.165) is 19.5 Å². The smallest absolute Gasteiger partial charge is 0.234 e. The van der Waals surface area contributed by atoms with Crippen LogP contribution in [0.15, 0.2) is 60.7 Å². The lowest BCUT2D eigenvalue weighted by Crippen LogP contribution is -2.65. The molecule has 2 bridgehead atoms. The minimum Gasteiger partial charge on any atom is -0.352 e. The highest BCUT2D eigenvalue weighted by atomic mass is 16.2. The van der Waals surface area contributed by atoms with Crippen LogP contribution in [-0.2, 0) is 4.79 Å². The summed E-state index contributed by atoms with van der Waals surface area (Å²) < 4.78 is 0. The second kappa shape index (κ2) is 10.2. The van der Waals surface area contributed by atoms with E-state index in [1.54, 1.807) is 0 Å². The molecule has 3 unspecified atom stereocenters. The van der Waals surface area contributed by atoms with Crippen molar-refractivity contribution in [3.8, 4) is 0 Å². The minimum absolute atomic E-state index is 0.166. The van der Waals surface area contributed by atoms with Crippen molar-refractivity contribution in [1.82, 2.24) is 15.1 Å². The second-order valence-corrected chi connectivity index (χ2v) is 10.8. The molecule has 3 saturated carbocycles. The normalized spacial score (nSPS) is 31.1. The number of likely N-dealkylation sites (tertiary alicyclic amines) is 1. The van der Waals surface area contributed by atoms with Crippen LogP contribution in [0.3, 0.4) is 0 Å². The van der Waals surface area contributed by atoms with E-state index in [1.165, 1.54) is 49.9 Å². The Kier molecular flexibility index (Phi) is 7.08. The molecule has 1 amide bonds. The maximum atomic E-state index is 13.3. The van der Waals surface area contributed by atoms with Gasteiger partial charge in [0.05, 0.1) is 6.54 Å². The number of nitrogens with one attached hydrogen (secondary N) is 1. The van der Waals surface area contributed by atoms with Crippen molar-refractivity contribution < 1.29 is 4.79 Å². The number of hydrogen-bond donors (Lipinski definition) is 1. The average Bonchev–Trinajstić information content (AvgIpc) is 3.44.